The maximum absolute atomic E-state index is 13.2. The molecule has 0 aliphatic carbocycles. The Bertz CT molecular complexity index is 864. The number of hydrogen-bond donors (Lipinski definition) is 1. The van der Waals surface area contributed by atoms with Crippen molar-refractivity contribution in [1.29, 1.82) is 0 Å². The number of hydrogen-bond acceptors (Lipinski definition) is 4. The molecule has 2 fully saturated rings. The fourth-order valence-corrected chi connectivity index (χ4v) is 4.40. The van der Waals surface area contributed by atoms with E-state index in [0.717, 1.165) is 24.9 Å². The van der Waals surface area contributed by atoms with Crippen molar-refractivity contribution < 1.29 is 14.0 Å². The Kier molecular flexibility index (Phi) is 5.26. The molecule has 0 saturated carbocycles. The molecule has 3 atom stereocenters. The number of nitrogens with one attached hydrogen (secondary N) is 1. The third-order valence-electron chi connectivity index (χ3n) is 5.92. The molecule has 0 spiro atoms. The number of amides is 1. The smallest absolute Gasteiger partial charge is 0.227 e. The Hall–Kier alpha value is -2.54. The van der Waals surface area contributed by atoms with E-state index in [1.54, 1.807) is 4.68 Å². The van der Waals surface area contributed by atoms with Crippen molar-refractivity contribution in [1.82, 2.24) is 20.0 Å². The van der Waals surface area contributed by atoms with Crippen molar-refractivity contribution in [3.8, 4) is 0 Å². The highest BCUT2D eigenvalue weighted by molar-refractivity contribution is 5.98. The van der Waals surface area contributed by atoms with Crippen LogP contribution in [0.1, 0.15) is 34.7 Å². The van der Waals surface area contributed by atoms with Crippen LogP contribution in [0.15, 0.2) is 36.7 Å². The van der Waals surface area contributed by atoms with Gasteiger partial charge in [0.05, 0.1) is 12.1 Å². The van der Waals surface area contributed by atoms with Crippen LogP contribution in [0.25, 0.3) is 0 Å². The molecule has 2 aromatic rings. The predicted octanol–water partition coefficient (Wildman–Crippen LogP) is 1.98. The minimum absolute atomic E-state index is 0.00847. The lowest BCUT2D eigenvalue weighted by molar-refractivity contribution is -0.136. The molecular weight excluding hydrogens is 359 g/mol. The van der Waals surface area contributed by atoms with Crippen LogP contribution in [0.3, 0.4) is 0 Å². The number of Topliss-reactive ketones (excluding diaryl/α,β-unsaturated/α-hetero) is 1. The largest absolute Gasteiger partial charge is 0.342 e. The summed E-state index contributed by atoms with van der Waals surface area (Å²) in [6, 6.07) is 5.67. The minimum atomic E-state index is -0.354. The van der Waals surface area contributed by atoms with Crippen LogP contribution in [0, 0.1) is 17.7 Å². The van der Waals surface area contributed by atoms with Gasteiger partial charge >= 0.3 is 0 Å². The fourth-order valence-electron chi connectivity index (χ4n) is 4.40. The number of piperidine rings is 1. The van der Waals surface area contributed by atoms with E-state index in [2.05, 4.69) is 10.4 Å². The third-order valence-corrected chi connectivity index (χ3v) is 5.92. The summed E-state index contributed by atoms with van der Waals surface area (Å²) < 4.78 is 14.9. The molecule has 2 aliphatic rings. The number of rotatable bonds is 4. The summed E-state index contributed by atoms with van der Waals surface area (Å²) in [5, 5.41) is 7.56. The van der Waals surface area contributed by atoms with Crippen molar-refractivity contribution in [2.24, 2.45) is 18.9 Å². The molecule has 6 nitrogen and oxygen atoms in total. The average Bonchev–Trinajstić information content (AvgIpc) is 3.36. The summed E-state index contributed by atoms with van der Waals surface area (Å²) >= 11 is 0. The molecule has 1 unspecified atom stereocenters. The summed E-state index contributed by atoms with van der Waals surface area (Å²) in [6.45, 7) is 2.52. The number of aromatic nitrogens is 2. The maximum Gasteiger partial charge on any atom is 0.227 e. The molecule has 1 aromatic carbocycles. The Labute approximate surface area is 163 Å². The van der Waals surface area contributed by atoms with E-state index in [-0.39, 0.29) is 35.3 Å². The number of aryl methyl sites for hydroxylation is 1. The molecule has 1 N–H and O–H groups in total. The molecule has 1 amide bonds. The van der Waals surface area contributed by atoms with Gasteiger partial charge in [-0.15, -0.1) is 0 Å². The first-order valence-corrected chi connectivity index (χ1v) is 9.81. The van der Waals surface area contributed by atoms with Gasteiger partial charge in [-0.05, 0) is 42.7 Å². The molecule has 7 heteroatoms. The molecule has 148 valence electrons. The van der Waals surface area contributed by atoms with Gasteiger partial charge in [0.25, 0.3) is 0 Å². The van der Waals surface area contributed by atoms with Gasteiger partial charge < -0.3 is 10.2 Å². The van der Waals surface area contributed by atoms with Gasteiger partial charge in [-0.1, -0.05) is 0 Å². The van der Waals surface area contributed by atoms with E-state index >= 15 is 0 Å². The Morgan fingerprint density at radius 2 is 2.00 bits per heavy atom. The molecule has 1 aromatic heterocycles. The predicted molar refractivity (Wildman–Crippen MR) is 102 cm³/mol. The Morgan fingerprint density at radius 1 is 1.21 bits per heavy atom. The topological polar surface area (TPSA) is 67.2 Å². The maximum atomic E-state index is 13.2. The highest BCUT2D eigenvalue weighted by Crippen LogP contribution is 2.31. The molecule has 3 heterocycles. The third kappa shape index (κ3) is 3.71. The van der Waals surface area contributed by atoms with E-state index < -0.39 is 0 Å². The number of likely N-dealkylation sites (tertiary alicyclic amines) is 1. The summed E-state index contributed by atoms with van der Waals surface area (Å²) in [5.41, 5.74) is 1.58. The van der Waals surface area contributed by atoms with Crippen molar-refractivity contribution >= 4 is 11.7 Å². The Balaban J connectivity index is 1.45. The van der Waals surface area contributed by atoms with Crippen LogP contribution in [0.2, 0.25) is 0 Å². The van der Waals surface area contributed by atoms with Crippen LogP contribution >= 0.6 is 0 Å². The molecule has 0 bridgehead atoms. The first kappa shape index (κ1) is 18.8. The number of benzene rings is 1. The van der Waals surface area contributed by atoms with Crippen molar-refractivity contribution in [2.45, 2.75) is 18.8 Å². The lowest BCUT2D eigenvalue weighted by Gasteiger charge is -2.34. The van der Waals surface area contributed by atoms with Gasteiger partial charge in [0.1, 0.15) is 5.82 Å². The molecule has 0 radical (unpaired) electrons. The zero-order valence-electron chi connectivity index (χ0n) is 16.0. The second kappa shape index (κ2) is 7.83. The van der Waals surface area contributed by atoms with Gasteiger partial charge in [-0.25, -0.2) is 4.39 Å². The minimum Gasteiger partial charge on any atom is -0.342 e. The molecule has 2 aliphatic heterocycles. The van der Waals surface area contributed by atoms with Gasteiger partial charge in [0, 0.05) is 56.8 Å². The summed E-state index contributed by atoms with van der Waals surface area (Å²) in [4.78, 5) is 27.9. The van der Waals surface area contributed by atoms with Gasteiger partial charge in [0.2, 0.25) is 5.91 Å². The highest BCUT2D eigenvalue weighted by Gasteiger charge is 2.39. The van der Waals surface area contributed by atoms with Crippen LogP contribution in [-0.2, 0) is 11.8 Å². The molecule has 28 heavy (non-hydrogen) atoms. The van der Waals surface area contributed by atoms with Crippen LogP contribution in [-0.4, -0.2) is 52.5 Å². The Morgan fingerprint density at radius 3 is 2.71 bits per heavy atom. The van der Waals surface area contributed by atoms with E-state index in [1.165, 1.54) is 24.3 Å². The number of halogens is 1. The number of ketones is 1. The SMILES string of the molecule is Cn1cc([C@H]2CNC[C@@H]2C(=O)N2CCCC(C(=O)c3ccc(F)cc3)C2)cn1. The highest BCUT2D eigenvalue weighted by atomic mass is 19.1. The first-order chi connectivity index (χ1) is 13.5. The summed E-state index contributed by atoms with van der Waals surface area (Å²) in [7, 11) is 1.87. The normalized spacial score (nSPS) is 25.1. The monoisotopic (exact) mass is 384 g/mol. The quantitative estimate of drug-likeness (QED) is 0.819. The number of carbonyl (C=O) groups is 2. The molecule has 4 rings (SSSR count). The van der Waals surface area contributed by atoms with Crippen LogP contribution in [0.5, 0.6) is 0 Å². The van der Waals surface area contributed by atoms with Crippen molar-refractivity contribution in [3.05, 3.63) is 53.6 Å². The van der Waals surface area contributed by atoms with Crippen LogP contribution in [0.4, 0.5) is 4.39 Å². The zero-order chi connectivity index (χ0) is 19.7. The average molecular weight is 384 g/mol. The number of carbonyl (C=O) groups excluding carboxylic acids is 2. The van der Waals surface area contributed by atoms with Crippen LogP contribution < -0.4 is 5.32 Å². The first-order valence-electron chi connectivity index (χ1n) is 9.81. The van der Waals surface area contributed by atoms with E-state index in [1.807, 2.05) is 24.3 Å². The number of nitrogens with zero attached hydrogens (tertiary/aromatic N) is 3. The van der Waals surface area contributed by atoms with Gasteiger partial charge in [-0.3, -0.25) is 14.3 Å². The van der Waals surface area contributed by atoms with E-state index in [9.17, 15) is 14.0 Å². The van der Waals surface area contributed by atoms with Gasteiger partial charge in [-0.2, -0.15) is 5.10 Å². The van der Waals surface area contributed by atoms with Crippen molar-refractivity contribution in [2.75, 3.05) is 26.2 Å². The lowest BCUT2D eigenvalue weighted by atomic mass is 9.86. The summed E-state index contributed by atoms with van der Waals surface area (Å²) in [5.74, 6) is -0.513. The van der Waals surface area contributed by atoms with E-state index in [4.69, 9.17) is 0 Å². The molecular formula is C21H25FN4O2. The van der Waals surface area contributed by atoms with Gasteiger partial charge in [0.15, 0.2) is 5.78 Å². The fraction of sp³-hybridized carbons (Fsp3) is 0.476. The lowest BCUT2D eigenvalue weighted by Crippen LogP contribution is -2.46. The van der Waals surface area contributed by atoms with E-state index in [0.29, 0.717) is 25.2 Å². The standard InChI is InChI=1S/C21H25FN4O2/c1-25-12-16(9-24-25)18-10-23-11-19(18)21(28)26-8-2-3-15(13-26)20(27)14-4-6-17(22)7-5-14/h4-7,9,12,15,18-19,23H,2-3,8,10-11,13H2,1H3/t15?,18-,19+/m1/s1. The zero-order valence-corrected chi connectivity index (χ0v) is 16.0. The summed E-state index contributed by atoms with van der Waals surface area (Å²) in [6.07, 6.45) is 5.36. The van der Waals surface area contributed by atoms with Crippen molar-refractivity contribution in [3.63, 3.8) is 0 Å². The second-order valence-corrected chi connectivity index (χ2v) is 7.81. The molecule has 2 saturated heterocycles. The second-order valence-electron chi connectivity index (χ2n) is 7.81.